The Morgan fingerprint density at radius 3 is 2.21 bits per heavy atom. The molecule has 29 heavy (non-hydrogen) atoms. The van der Waals surface area contributed by atoms with Crippen molar-refractivity contribution >= 4 is 27.8 Å². The first-order chi connectivity index (χ1) is 13.4. The first kappa shape index (κ1) is 24.6. The van der Waals surface area contributed by atoms with E-state index in [1.54, 1.807) is 13.8 Å². The first-order valence-electron chi connectivity index (χ1n) is 9.23. The highest BCUT2D eigenvalue weighted by Gasteiger charge is 2.19. The van der Waals surface area contributed by atoms with E-state index in [9.17, 15) is 22.8 Å². The summed E-state index contributed by atoms with van der Waals surface area (Å²) >= 11 is 0. The lowest BCUT2D eigenvalue weighted by molar-refractivity contribution is -0.148. The van der Waals surface area contributed by atoms with Crippen molar-refractivity contribution in [1.29, 1.82) is 0 Å². The fourth-order valence-corrected chi connectivity index (χ4v) is 3.37. The Kier molecular flexibility index (Phi) is 8.78. The Balaban J connectivity index is 2.52. The number of carbonyl (C=O) groups excluding carboxylic acids is 3. The molecule has 3 N–H and O–H groups in total. The van der Waals surface area contributed by atoms with E-state index in [0.717, 1.165) is 6.42 Å². The summed E-state index contributed by atoms with van der Waals surface area (Å²) in [6.07, 6.45) is 0.719. The van der Waals surface area contributed by atoms with Crippen LogP contribution in [0.4, 0.5) is 0 Å². The van der Waals surface area contributed by atoms with Crippen molar-refractivity contribution in [3.63, 3.8) is 0 Å². The zero-order chi connectivity index (χ0) is 22.2. The van der Waals surface area contributed by atoms with Gasteiger partial charge in [-0.25, -0.2) is 13.1 Å². The zero-order valence-corrected chi connectivity index (χ0v) is 18.2. The number of rotatable bonds is 10. The minimum atomic E-state index is -3.65. The molecule has 0 heterocycles. The van der Waals surface area contributed by atoms with Gasteiger partial charge in [0.2, 0.25) is 10.0 Å². The molecule has 2 amide bonds. The maximum atomic E-state index is 12.1. The van der Waals surface area contributed by atoms with Gasteiger partial charge in [-0.05, 0) is 58.4 Å². The highest BCUT2D eigenvalue weighted by molar-refractivity contribution is 7.89. The third-order valence-corrected chi connectivity index (χ3v) is 5.61. The number of esters is 1. The monoisotopic (exact) mass is 427 g/mol. The quantitative estimate of drug-likeness (QED) is 0.477. The summed E-state index contributed by atoms with van der Waals surface area (Å²) < 4.78 is 31.4. The topological polar surface area (TPSA) is 131 Å². The van der Waals surface area contributed by atoms with Gasteiger partial charge in [-0.1, -0.05) is 6.92 Å². The van der Waals surface area contributed by atoms with Crippen molar-refractivity contribution in [2.45, 2.75) is 57.5 Å². The summed E-state index contributed by atoms with van der Waals surface area (Å²) in [5, 5.41) is 5.09. The smallest absolute Gasteiger partial charge is 0.325 e. The van der Waals surface area contributed by atoms with E-state index in [1.807, 2.05) is 20.8 Å². The Bertz CT molecular complexity index is 832. The van der Waals surface area contributed by atoms with Gasteiger partial charge in [0.25, 0.3) is 11.8 Å². The Labute approximate surface area is 171 Å². The van der Waals surface area contributed by atoms with Gasteiger partial charge in [-0.3, -0.25) is 14.4 Å². The molecule has 1 aromatic rings. The lowest BCUT2D eigenvalue weighted by atomic mass is 10.0. The van der Waals surface area contributed by atoms with Crippen LogP contribution in [-0.4, -0.2) is 50.9 Å². The number of hydrogen-bond acceptors (Lipinski definition) is 6. The third kappa shape index (κ3) is 8.61. The van der Waals surface area contributed by atoms with Gasteiger partial charge in [0.05, 0.1) is 4.90 Å². The van der Waals surface area contributed by atoms with Gasteiger partial charge in [-0.15, -0.1) is 0 Å². The number of sulfonamides is 1. The SMILES string of the molecule is CCC(C)(C)NC(=O)COC(=O)CNC(=O)c1ccc(S(=O)(=O)NC(C)C)cc1. The van der Waals surface area contributed by atoms with Crippen LogP contribution in [-0.2, 0) is 24.3 Å². The van der Waals surface area contributed by atoms with Crippen LogP contribution in [0, 0.1) is 0 Å². The largest absolute Gasteiger partial charge is 0.454 e. The third-order valence-electron chi connectivity index (χ3n) is 3.94. The van der Waals surface area contributed by atoms with E-state index in [-0.39, 0.29) is 16.5 Å². The molecule has 1 aromatic carbocycles. The molecule has 0 aliphatic carbocycles. The summed E-state index contributed by atoms with van der Waals surface area (Å²) in [4.78, 5) is 35.6. The summed E-state index contributed by atoms with van der Waals surface area (Å²) in [7, 11) is -3.65. The van der Waals surface area contributed by atoms with Crippen LogP contribution in [0.15, 0.2) is 29.2 Å². The molecule has 0 saturated carbocycles. The van der Waals surface area contributed by atoms with E-state index in [2.05, 4.69) is 15.4 Å². The number of ether oxygens (including phenoxy) is 1. The first-order valence-corrected chi connectivity index (χ1v) is 10.7. The minimum absolute atomic E-state index is 0.0307. The molecular formula is C19H29N3O6S. The van der Waals surface area contributed by atoms with Gasteiger partial charge in [0.1, 0.15) is 6.54 Å². The Hall–Kier alpha value is -2.46. The summed E-state index contributed by atoms with van der Waals surface area (Å²) in [5.41, 5.74) is -0.217. The normalized spacial score (nSPS) is 11.8. The minimum Gasteiger partial charge on any atom is -0.454 e. The molecule has 0 spiro atoms. The molecular weight excluding hydrogens is 398 g/mol. The lowest BCUT2D eigenvalue weighted by Crippen LogP contribution is -2.45. The van der Waals surface area contributed by atoms with Crippen molar-refractivity contribution in [2.75, 3.05) is 13.2 Å². The number of benzene rings is 1. The number of nitrogens with one attached hydrogen (secondary N) is 3. The van der Waals surface area contributed by atoms with Gasteiger partial charge >= 0.3 is 5.97 Å². The molecule has 0 atom stereocenters. The molecule has 0 aliphatic heterocycles. The van der Waals surface area contributed by atoms with Crippen LogP contribution in [0.5, 0.6) is 0 Å². The molecule has 0 bridgehead atoms. The molecule has 0 saturated heterocycles. The van der Waals surface area contributed by atoms with E-state index < -0.39 is 46.5 Å². The molecule has 10 heteroatoms. The molecule has 1 rings (SSSR count). The van der Waals surface area contributed by atoms with Crippen LogP contribution in [0.1, 0.15) is 51.4 Å². The zero-order valence-electron chi connectivity index (χ0n) is 17.4. The van der Waals surface area contributed by atoms with Crippen molar-refractivity contribution in [3.8, 4) is 0 Å². The second kappa shape index (κ2) is 10.4. The highest BCUT2D eigenvalue weighted by atomic mass is 32.2. The Morgan fingerprint density at radius 1 is 1.10 bits per heavy atom. The van der Waals surface area contributed by atoms with Gasteiger partial charge in [0, 0.05) is 17.1 Å². The van der Waals surface area contributed by atoms with Crippen LogP contribution >= 0.6 is 0 Å². The number of carbonyl (C=O) groups is 3. The number of hydrogen-bond donors (Lipinski definition) is 3. The molecule has 0 aliphatic rings. The summed E-state index contributed by atoms with van der Waals surface area (Å²) in [6, 6.07) is 5.03. The van der Waals surface area contributed by atoms with E-state index >= 15 is 0 Å². The van der Waals surface area contributed by atoms with Crippen LogP contribution in [0.3, 0.4) is 0 Å². The highest BCUT2D eigenvalue weighted by Crippen LogP contribution is 2.11. The van der Waals surface area contributed by atoms with E-state index in [0.29, 0.717) is 0 Å². The molecule has 9 nitrogen and oxygen atoms in total. The van der Waals surface area contributed by atoms with Crippen molar-refractivity contribution in [2.24, 2.45) is 0 Å². The molecule has 0 unspecified atom stereocenters. The molecule has 162 valence electrons. The average molecular weight is 428 g/mol. The van der Waals surface area contributed by atoms with Gasteiger partial charge in [-0.2, -0.15) is 0 Å². The molecule has 0 aromatic heterocycles. The Morgan fingerprint density at radius 2 is 1.69 bits per heavy atom. The summed E-state index contributed by atoms with van der Waals surface area (Å²) in [5.74, 6) is -1.76. The second-order valence-corrected chi connectivity index (χ2v) is 9.14. The predicted molar refractivity (Wildman–Crippen MR) is 108 cm³/mol. The van der Waals surface area contributed by atoms with E-state index in [4.69, 9.17) is 4.74 Å². The standard InChI is InChI=1S/C19H29N3O6S/c1-6-19(4,5)21-16(23)12-28-17(24)11-20-18(25)14-7-9-15(10-8-14)29(26,27)22-13(2)3/h7-10,13,22H,6,11-12H2,1-5H3,(H,20,25)(H,21,23). The predicted octanol–water partition coefficient (Wildman–Crippen LogP) is 0.951. The summed E-state index contributed by atoms with van der Waals surface area (Å²) in [6.45, 7) is 8.17. The lowest BCUT2D eigenvalue weighted by Gasteiger charge is -2.24. The molecule has 0 radical (unpaired) electrons. The van der Waals surface area contributed by atoms with Crippen LogP contribution < -0.4 is 15.4 Å². The maximum Gasteiger partial charge on any atom is 0.325 e. The van der Waals surface area contributed by atoms with Gasteiger partial charge in [0.15, 0.2) is 6.61 Å². The molecule has 0 fully saturated rings. The maximum absolute atomic E-state index is 12.1. The number of amides is 2. The van der Waals surface area contributed by atoms with Gasteiger partial charge < -0.3 is 15.4 Å². The fourth-order valence-electron chi connectivity index (χ4n) is 2.12. The van der Waals surface area contributed by atoms with Crippen LogP contribution in [0.25, 0.3) is 0 Å². The van der Waals surface area contributed by atoms with Crippen molar-refractivity contribution in [3.05, 3.63) is 29.8 Å². The van der Waals surface area contributed by atoms with Crippen molar-refractivity contribution < 1.29 is 27.5 Å². The fraction of sp³-hybridized carbons (Fsp3) is 0.526. The van der Waals surface area contributed by atoms with Crippen molar-refractivity contribution in [1.82, 2.24) is 15.4 Å². The van der Waals surface area contributed by atoms with Crippen LogP contribution in [0.2, 0.25) is 0 Å². The average Bonchev–Trinajstić information content (AvgIpc) is 2.63. The van der Waals surface area contributed by atoms with E-state index in [1.165, 1.54) is 24.3 Å². The second-order valence-electron chi connectivity index (χ2n) is 7.43.